The summed E-state index contributed by atoms with van der Waals surface area (Å²) in [7, 11) is 0. The van der Waals surface area contributed by atoms with Crippen LogP contribution < -0.4 is 11.3 Å². The van der Waals surface area contributed by atoms with E-state index in [0.29, 0.717) is 0 Å². The Morgan fingerprint density at radius 2 is 1.50 bits per heavy atom. The van der Waals surface area contributed by atoms with Crippen molar-refractivity contribution in [3.05, 3.63) is 69.2 Å². The third-order valence-corrected chi connectivity index (χ3v) is 3.23. The van der Waals surface area contributed by atoms with Gasteiger partial charge in [-0.3, -0.25) is 5.84 Å². The summed E-state index contributed by atoms with van der Waals surface area (Å²) in [5.41, 5.74) is 1.93. The van der Waals surface area contributed by atoms with Gasteiger partial charge in [0.1, 0.15) is 11.6 Å². The van der Waals surface area contributed by atoms with Crippen molar-refractivity contribution in [2.24, 2.45) is 5.84 Å². The topological polar surface area (TPSA) is 38.0 Å². The molecule has 0 saturated heterocycles. The molecule has 0 radical (unpaired) electrons. The monoisotopic (exact) mass is 348 g/mol. The average molecular weight is 349 g/mol. The zero-order chi connectivity index (χ0) is 14.9. The maximum Gasteiger partial charge on any atom is 0.159 e. The highest BCUT2D eigenvalue weighted by Gasteiger charge is 2.22. The number of halogens is 5. The van der Waals surface area contributed by atoms with E-state index in [1.807, 2.05) is 0 Å². The predicted octanol–water partition coefficient (Wildman–Crippen LogP) is 3.56. The van der Waals surface area contributed by atoms with Crippen LogP contribution >= 0.6 is 15.9 Å². The first-order valence-electron chi connectivity index (χ1n) is 5.49. The molecule has 1 unspecified atom stereocenters. The summed E-state index contributed by atoms with van der Waals surface area (Å²) in [5.74, 6) is 1.40. The molecule has 20 heavy (non-hydrogen) atoms. The van der Waals surface area contributed by atoms with E-state index >= 15 is 0 Å². The van der Waals surface area contributed by atoms with Gasteiger partial charge in [-0.2, -0.15) is 0 Å². The highest BCUT2D eigenvalue weighted by atomic mass is 79.9. The SMILES string of the molecule is NNC(c1ccc(F)c(F)c1)c1c(F)cc(Br)cc1F. The minimum absolute atomic E-state index is 0.103. The molecule has 0 amide bonds. The average Bonchev–Trinajstić information content (AvgIpc) is 2.37. The molecule has 0 aliphatic rings. The van der Waals surface area contributed by atoms with E-state index in [-0.39, 0.29) is 15.6 Å². The standard InChI is InChI=1S/C13H9BrF4N2/c14-7-4-10(17)12(11(18)5-7)13(20-19)6-1-2-8(15)9(16)3-6/h1-5,13,20H,19H2. The lowest BCUT2D eigenvalue weighted by atomic mass is 9.98. The second-order valence-electron chi connectivity index (χ2n) is 4.06. The molecule has 2 aromatic carbocycles. The van der Waals surface area contributed by atoms with Crippen LogP contribution in [0.3, 0.4) is 0 Å². The van der Waals surface area contributed by atoms with E-state index in [9.17, 15) is 17.6 Å². The molecule has 0 heterocycles. The largest absolute Gasteiger partial charge is 0.271 e. The van der Waals surface area contributed by atoms with Crippen molar-refractivity contribution < 1.29 is 17.6 Å². The van der Waals surface area contributed by atoms with Crippen molar-refractivity contribution >= 4 is 15.9 Å². The van der Waals surface area contributed by atoms with E-state index in [4.69, 9.17) is 5.84 Å². The van der Waals surface area contributed by atoms with E-state index in [0.717, 1.165) is 24.3 Å². The number of nitrogens with one attached hydrogen (secondary N) is 1. The van der Waals surface area contributed by atoms with Crippen LogP contribution in [-0.4, -0.2) is 0 Å². The predicted molar refractivity (Wildman–Crippen MR) is 69.6 cm³/mol. The Bertz CT molecular complexity index is 625. The Balaban J connectivity index is 2.55. The van der Waals surface area contributed by atoms with Gasteiger partial charge >= 0.3 is 0 Å². The summed E-state index contributed by atoms with van der Waals surface area (Å²) < 4.78 is 54.1. The summed E-state index contributed by atoms with van der Waals surface area (Å²) in [6.07, 6.45) is 0. The minimum atomic E-state index is -1.14. The summed E-state index contributed by atoms with van der Waals surface area (Å²) in [6, 6.07) is 3.87. The van der Waals surface area contributed by atoms with Crippen LogP contribution in [0.2, 0.25) is 0 Å². The molecule has 0 spiro atoms. The second kappa shape index (κ2) is 5.90. The van der Waals surface area contributed by atoms with Crippen molar-refractivity contribution in [3.8, 4) is 0 Å². The molecule has 3 N–H and O–H groups in total. The molecule has 7 heteroatoms. The fraction of sp³-hybridized carbons (Fsp3) is 0.0769. The van der Waals surface area contributed by atoms with Gasteiger partial charge in [-0.25, -0.2) is 23.0 Å². The lowest BCUT2D eigenvalue weighted by Crippen LogP contribution is -2.30. The second-order valence-corrected chi connectivity index (χ2v) is 4.97. The highest BCUT2D eigenvalue weighted by molar-refractivity contribution is 9.10. The van der Waals surface area contributed by atoms with Crippen LogP contribution in [0.25, 0.3) is 0 Å². The van der Waals surface area contributed by atoms with Gasteiger partial charge in [0.25, 0.3) is 0 Å². The van der Waals surface area contributed by atoms with Gasteiger partial charge in [0.15, 0.2) is 11.6 Å². The van der Waals surface area contributed by atoms with E-state index in [2.05, 4.69) is 21.4 Å². The van der Waals surface area contributed by atoms with Crippen LogP contribution in [0, 0.1) is 23.3 Å². The first-order valence-corrected chi connectivity index (χ1v) is 6.29. The third kappa shape index (κ3) is 2.84. The molecule has 2 rings (SSSR count). The summed E-state index contributed by atoms with van der Waals surface area (Å²) in [5, 5.41) is 0. The van der Waals surface area contributed by atoms with Crippen LogP contribution in [0.15, 0.2) is 34.8 Å². The zero-order valence-electron chi connectivity index (χ0n) is 9.93. The fourth-order valence-electron chi connectivity index (χ4n) is 1.87. The van der Waals surface area contributed by atoms with Gasteiger partial charge < -0.3 is 0 Å². The summed E-state index contributed by atoms with van der Waals surface area (Å²) in [6.45, 7) is 0. The number of hydrogen-bond donors (Lipinski definition) is 2. The Morgan fingerprint density at radius 3 is 2.00 bits per heavy atom. The number of hydrogen-bond acceptors (Lipinski definition) is 2. The first kappa shape index (κ1) is 15.0. The van der Waals surface area contributed by atoms with Gasteiger partial charge in [-0.05, 0) is 29.8 Å². The van der Waals surface area contributed by atoms with Crippen molar-refractivity contribution in [1.82, 2.24) is 5.43 Å². The van der Waals surface area contributed by atoms with Gasteiger partial charge in [-0.15, -0.1) is 0 Å². The van der Waals surface area contributed by atoms with Gasteiger partial charge in [0.05, 0.1) is 6.04 Å². The Hall–Kier alpha value is -1.44. The first-order chi connectivity index (χ1) is 9.43. The van der Waals surface area contributed by atoms with Crippen molar-refractivity contribution in [2.75, 3.05) is 0 Å². The molecule has 0 bridgehead atoms. The maximum absolute atomic E-state index is 13.9. The molecule has 0 aromatic heterocycles. The van der Waals surface area contributed by atoms with Crippen molar-refractivity contribution in [2.45, 2.75) is 6.04 Å². The Morgan fingerprint density at radius 1 is 0.900 bits per heavy atom. The summed E-state index contributed by atoms with van der Waals surface area (Å²) >= 11 is 2.95. The summed E-state index contributed by atoms with van der Waals surface area (Å²) in [4.78, 5) is 0. The zero-order valence-corrected chi connectivity index (χ0v) is 11.5. The maximum atomic E-state index is 13.9. The Kier molecular flexibility index (Phi) is 4.42. The minimum Gasteiger partial charge on any atom is -0.271 e. The smallest absolute Gasteiger partial charge is 0.159 e. The van der Waals surface area contributed by atoms with Gasteiger partial charge in [-0.1, -0.05) is 22.0 Å². The number of rotatable bonds is 3. The lowest BCUT2D eigenvalue weighted by molar-refractivity contribution is 0.492. The van der Waals surface area contributed by atoms with Gasteiger partial charge in [0, 0.05) is 10.0 Å². The van der Waals surface area contributed by atoms with E-state index in [1.165, 1.54) is 6.07 Å². The molecule has 106 valence electrons. The molecule has 2 aromatic rings. The molecule has 2 nitrogen and oxygen atoms in total. The van der Waals surface area contributed by atoms with Crippen molar-refractivity contribution in [3.63, 3.8) is 0 Å². The van der Waals surface area contributed by atoms with Gasteiger partial charge in [0.2, 0.25) is 0 Å². The molecule has 1 atom stereocenters. The van der Waals surface area contributed by atoms with E-state index in [1.54, 1.807) is 0 Å². The quantitative estimate of drug-likeness (QED) is 0.505. The van der Waals surface area contributed by atoms with Crippen molar-refractivity contribution in [1.29, 1.82) is 0 Å². The highest BCUT2D eigenvalue weighted by Crippen LogP contribution is 2.29. The normalized spacial score (nSPS) is 12.5. The van der Waals surface area contributed by atoms with Crippen LogP contribution in [0.5, 0.6) is 0 Å². The Labute approximate surface area is 120 Å². The van der Waals surface area contributed by atoms with Crippen LogP contribution in [-0.2, 0) is 0 Å². The van der Waals surface area contributed by atoms with E-state index < -0.39 is 29.3 Å². The number of hydrazine groups is 1. The molecule has 0 aliphatic carbocycles. The molecular formula is C13H9BrF4N2. The fourth-order valence-corrected chi connectivity index (χ4v) is 2.27. The number of nitrogens with two attached hydrogens (primary N) is 1. The molecular weight excluding hydrogens is 340 g/mol. The molecule has 0 aliphatic heterocycles. The molecule has 0 saturated carbocycles. The third-order valence-electron chi connectivity index (χ3n) is 2.78. The lowest BCUT2D eigenvalue weighted by Gasteiger charge is -2.18. The van der Waals surface area contributed by atoms with Crippen LogP contribution in [0.1, 0.15) is 17.2 Å². The van der Waals surface area contributed by atoms with Crippen LogP contribution in [0.4, 0.5) is 17.6 Å². The molecule has 0 fully saturated rings. The number of benzene rings is 2.